The van der Waals surface area contributed by atoms with Gasteiger partial charge in [0.2, 0.25) is 16.9 Å². The number of para-hydroxylation sites is 1. The fourth-order valence-electron chi connectivity index (χ4n) is 4.30. The lowest BCUT2D eigenvalue weighted by molar-refractivity contribution is -0.598. The van der Waals surface area contributed by atoms with Crippen LogP contribution in [0.25, 0.3) is 27.9 Å². The van der Waals surface area contributed by atoms with Gasteiger partial charge in [-0.25, -0.2) is 0 Å². The maximum absolute atomic E-state index is 3.68. The average Bonchev–Trinajstić information content (AvgIpc) is 3.15. The number of aryl methyl sites for hydroxylation is 1. The number of hydrogen-bond acceptors (Lipinski definition) is 1. The van der Waals surface area contributed by atoms with Crippen molar-refractivity contribution in [3.8, 4) is 27.9 Å². The summed E-state index contributed by atoms with van der Waals surface area (Å²) >= 11 is 16.6. The van der Waals surface area contributed by atoms with Gasteiger partial charge < -0.3 is 0 Å². The van der Waals surface area contributed by atoms with E-state index in [4.69, 9.17) is 0 Å². The molecule has 0 radical (unpaired) electrons. The minimum absolute atomic E-state index is 1.07. The highest BCUT2D eigenvalue weighted by molar-refractivity contribution is 9.11. The van der Waals surface area contributed by atoms with Crippen molar-refractivity contribution in [3.63, 3.8) is 0 Å². The molecule has 0 saturated carbocycles. The topological polar surface area (TPSA) is 3.88 Å². The fourth-order valence-corrected chi connectivity index (χ4v) is 7.95. The maximum atomic E-state index is 3.68. The summed E-state index contributed by atoms with van der Waals surface area (Å²) in [6, 6.07) is 19.6. The monoisotopic (exact) mass is 680 g/mol. The van der Waals surface area contributed by atoms with Crippen LogP contribution in [0.1, 0.15) is 23.4 Å². The standard InChI is InChI=1S/C25H18Br4NS/c26-17-8-15(9-18(27)12-17)21-4-3-5-22(16-10-19(28)13-20(29)11-16)25(21)30-14-31-24-7-2-1-6-23(24)30/h3-5,8-14H,1-2,6-7H2/q+1. The third-order valence-corrected chi connectivity index (χ3v) is 8.48. The molecule has 0 aliphatic heterocycles. The number of hydrogen-bond donors (Lipinski definition) is 0. The summed E-state index contributed by atoms with van der Waals surface area (Å²) in [6.45, 7) is 0. The smallest absolute Gasteiger partial charge is 0.153 e. The maximum Gasteiger partial charge on any atom is 0.231 e. The van der Waals surface area contributed by atoms with Crippen LogP contribution in [-0.4, -0.2) is 0 Å². The van der Waals surface area contributed by atoms with Crippen LogP contribution >= 0.6 is 75.1 Å². The summed E-state index contributed by atoms with van der Waals surface area (Å²) in [4.78, 5) is 1.53. The van der Waals surface area contributed by atoms with Gasteiger partial charge in [-0.15, -0.1) is 0 Å². The minimum atomic E-state index is 1.07. The van der Waals surface area contributed by atoms with E-state index in [1.165, 1.54) is 57.8 Å². The van der Waals surface area contributed by atoms with E-state index in [1.54, 1.807) is 0 Å². The lowest BCUT2D eigenvalue weighted by Gasteiger charge is -2.14. The molecule has 156 valence electrons. The first-order valence-corrected chi connectivity index (χ1v) is 14.1. The van der Waals surface area contributed by atoms with Crippen LogP contribution in [0.15, 0.2) is 78.0 Å². The van der Waals surface area contributed by atoms with Crippen LogP contribution in [0.3, 0.4) is 0 Å². The zero-order valence-electron chi connectivity index (χ0n) is 16.5. The van der Waals surface area contributed by atoms with Crippen LogP contribution in [0.2, 0.25) is 0 Å². The number of nitrogens with zero attached hydrogens (tertiary/aromatic N) is 1. The van der Waals surface area contributed by atoms with E-state index in [0.717, 1.165) is 24.3 Å². The van der Waals surface area contributed by atoms with Crippen molar-refractivity contribution in [3.05, 3.63) is 88.6 Å². The molecule has 1 aromatic heterocycles. The Bertz CT molecular complexity index is 1180. The summed E-state index contributed by atoms with van der Waals surface area (Å²) in [5.74, 6) is 0. The second kappa shape index (κ2) is 9.22. The Hall–Kier alpha value is -0.790. The molecule has 3 aromatic carbocycles. The highest BCUT2D eigenvalue weighted by Crippen LogP contribution is 2.38. The average molecular weight is 684 g/mol. The summed E-state index contributed by atoms with van der Waals surface area (Å²) in [5, 5.41) is 0. The molecule has 5 rings (SSSR count). The van der Waals surface area contributed by atoms with Crippen LogP contribution in [0.5, 0.6) is 0 Å². The molecule has 1 aliphatic carbocycles. The molecule has 0 bridgehead atoms. The summed E-state index contributed by atoms with van der Waals surface area (Å²) in [7, 11) is 0. The van der Waals surface area contributed by atoms with E-state index >= 15 is 0 Å². The van der Waals surface area contributed by atoms with Crippen LogP contribution in [0.4, 0.5) is 0 Å². The van der Waals surface area contributed by atoms with Crippen LogP contribution in [-0.2, 0) is 12.8 Å². The van der Waals surface area contributed by atoms with Gasteiger partial charge >= 0.3 is 0 Å². The Morgan fingerprint density at radius 2 is 1.19 bits per heavy atom. The summed E-state index contributed by atoms with van der Waals surface area (Å²) < 4.78 is 6.71. The van der Waals surface area contributed by atoms with E-state index in [1.807, 2.05) is 11.3 Å². The SMILES string of the molecule is Brc1cc(Br)cc(-c2cccc(-c3cc(Br)cc(Br)c3)c2-[n+]2csc3c2CCCC3)c1. The van der Waals surface area contributed by atoms with E-state index < -0.39 is 0 Å². The van der Waals surface area contributed by atoms with Gasteiger partial charge in [-0.1, -0.05) is 81.1 Å². The predicted molar refractivity (Wildman–Crippen MR) is 144 cm³/mol. The molecule has 0 saturated heterocycles. The lowest BCUT2D eigenvalue weighted by Crippen LogP contribution is -2.35. The predicted octanol–water partition coefficient (Wildman–Crippen LogP) is 9.29. The first-order valence-electron chi connectivity index (χ1n) is 10.1. The van der Waals surface area contributed by atoms with Crippen molar-refractivity contribution in [2.75, 3.05) is 0 Å². The third kappa shape index (κ3) is 4.51. The quantitative estimate of drug-likeness (QED) is 0.190. The van der Waals surface area contributed by atoms with Crippen molar-refractivity contribution >= 4 is 75.1 Å². The second-order valence-corrected chi connectivity index (χ2v) is 12.3. The Morgan fingerprint density at radius 1 is 0.677 bits per heavy atom. The Morgan fingerprint density at radius 3 is 1.74 bits per heavy atom. The van der Waals surface area contributed by atoms with Gasteiger partial charge in [-0.05, 0) is 78.9 Å². The Balaban J connectivity index is 1.83. The number of thiazole rings is 1. The van der Waals surface area contributed by atoms with Gasteiger partial charge in [-0.2, -0.15) is 4.57 Å². The van der Waals surface area contributed by atoms with E-state index in [9.17, 15) is 0 Å². The first-order chi connectivity index (χ1) is 15.0. The van der Waals surface area contributed by atoms with E-state index in [0.29, 0.717) is 0 Å². The summed E-state index contributed by atoms with van der Waals surface area (Å²) in [6.07, 6.45) is 4.87. The Kier molecular flexibility index (Phi) is 6.55. The van der Waals surface area contributed by atoms with Gasteiger partial charge in [0.05, 0.1) is 16.0 Å². The van der Waals surface area contributed by atoms with Gasteiger partial charge in [-0.3, -0.25) is 0 Å². The molecule has 0 N–H and O–H groups in total. The first kappa shape index (κ1) is 22.0. The normalized spacial score (nSPS) is 13.3. The van der Waals surface area contributed by atoms with Crippen molar-refractivity contribution in [2.45, 2.75) is 25.7 Å². The highest BCUT2D eigenvalue weighted by Gasteiger charge is 2.29. The molecular weight excluding hydrogens is 666 g/mol. The summed E-state index contributed by atoms with van der Waals surface area (Å²) in [5.41, 5.74) is 9.85. The number of halogens is 4. The van der Waals surface area contributed by atoms with Crippen LogP contribution < -0.4 is 4.57 Å². The fraction of sp³-hybridized carbons (Fsp3) is 0.160. The molecule has 4 aromatic rings. The second-order valence-electron chi connectivity index (χ2n) is 7.69. The number of aromatic nitrogens is 1. The largest absolute Gasteiger partial charge is 0.231 e. The van der Waals surface area contributed by atoms with Gasteiger partial charge in [0.25, 0.3) is 0 Å². The van der Waals surface area contributed by atoms with Gasteiger partial charge in [0.1, 0.15) is 0 Å². The molecular formula is C25H18Br4NS+. The zero-order valence-corrected chi connectivity index (χ0v) is 23.6. The van der Waals surface area contributed by atoms with Crippen molar-refractivity contribution < 1.29 is 4.57 Å². The molecule has 1 nitrogen and oxygen atoms in total. The highest BCUT2D eigenvalue weighted by atomic mass is 79.9. The minimum Gasteiger partial charge on any atom is -0.153 e. The zero-order chi connectivity index (χ0) is 21.5. The van der Waals surface area contributed by atoms with Crippen molar-refractivity contribution in [1.82, 2.24) is 0 Å². The molecule has 0 fully saturated rings. The van der Waals surface area contributed by atoms with E-state index in [-0.39, 0.29) is 0 Å². The van der Waals surface area contributed by atoms with Crippen molar-refractivity contribution in [1.29, 1.82) is 0 Å². The third-order valence-electron chi connectivity index (χ3n) is 5.60. The molecule has 0 atom stereocenters. The molecule has 0 spiro atoms. The number of benzene rings is 3. The Labute approximate surface area is 220 Å². The molecule has 1 heterocycles. The van der Waals surface area contributed by atoms with E-state index in [2.05, 4.69) is 128 Å². The molecule has 6 heteroatoms. The number of rotatable bonds is 3. The van der Waals surface area contributed by atoms with Gasteiger partial charge in [0, 0.05) is 24.3 Å². The lowest BCUT2D eigenvalue weighted by atomic mass is 9.94. The number of fused-ring (bicyclic) bond motifs is 1. The molecule has 0 unspecified atom stereocenters. The van der Waals surface area contributed by atoms with Gasteiger partial charge in [0.15, 0.2) is 0 Å². The van der Waals surface area contributed by atoms with Crippen molar-refractivity contribution in [2.24, 2.45) is 0 Å². The molecule has 1 aliphatic rings. The van der Waals surface area contributed by atoms with Crippen LogP contribution in [0, 0.1) is 0 Å². The molecule has 0 amide bonds. The molecule has 31 heavy (non-hydrogen) atoms.